The smallest absolute Gasteiger partial charge is 0.309 e. The second-order valence-electron chi connectivity index (χ2n) is 5.18. The second-order valence-corrected chi connectivity index (χ2v) is 5.18. The van der Waals surface area contributed by atoms with E-state index in [1.54, 1.807) is 6.92 Å². The number of carbonyl (C=O) groups is 3. The zero-order valence-electron chi connectivity index (χ0n) is 12.9. The van der Waals surface area contributed by atoms with Crippen LogP contribution in [0.25, 0.3) is 0 Å². The molecule has 7 heteroatoms. The van der Waals surface area contributed by atoms with Gasteiger partial charge in [0, 0.05) is 19.4 Å². The number of rotatable bonds is 7. The fourth-order valence-corrected chi connectivity index (χ4v) is 2.43. The average molecular weight is 300 g/mol. The number of nitrogens with one attached hydrogen (secondary N) is 3. The van der Waals surface area contributed by atoms with E-state index >= 15 is 0 Å². The highest BCUT2D eigenvalue weighted by Gasteiger charge is 2.29. The van der Waals surface area contributed by atoms with Gasteiger partial charge in [-0.1, -0.05) is 0 Å². The number of ether oxygens (including phenoxy) is 1. The molecule has 1 rings (SSSR count). The quantitative estimate of drug-likeness (QED) is 0.479. The molecule has 21 heavy (non-hydrogen) atoms. The molecule has 1 aliphatic heterocycles. The summed E-state index contributed by atoms with van der Waals surface area (Å²) < 4.78 is 5.01. The number of piperidine rings is 1. The van der Waals surface area contributed by atoms with Gasteiger partial charge >= 0.3 is 5.97 Å². The first-order chi connectivity index (χ1) is 10.1. The number of hydrogen-bond donors (Lipinski definition) is 3. The van der Waals surface area contributed by atoms with Crippen LogP contribution in [0.1, 0.15) is 26.7 Å². The van der Waals surface area contributed by atoms with E-state index in [4.69, 9.17) is 4.74 Å². The van der Waals surface area contributed by atoms with Gasteiger partial charge in [-0.3, -0.25) is 14.4 Å². The highest BCUT2D eigenvalue weighted by Crippen LogP contribution is 2.11. The van der Waals surface area contributed by atoms with Gasteiger partial charge in [0.2, 0.25) is 5.91 Å². The van der Waals surface area contributed by atoms with Gasteiger partial charge in [-0.15, -0.1) is 0 Å². The lowest BCUT2D eigenvalue weighted by molar-refractivity contribution is -0.897. The lowest BCUT2D eigenvalue weighted by Gasteiger charge is -2.27. The summed E-state index contributed by atoms with van der Waals surface area (Å²) in [5.41, 5.74) is 0. The molecule has 0 radical (unpaired) electrons. The molecule has 0 aromatic rings. The molecule has 0 unspecified atom stereocenters. The predicted molar refractivity (Wildman–Crippen MR) is 76.6 cm³/mol. The SMILES string of the molecule is CCNC(=O)CNC(=O)C[NH+]1CCC(C(=O)OCC)CC1. The Morgan fingerprint density at radius 3 is 2.33 bits per heavy atom. The van der Waals surface area contributed by atoms with Crippen molar-refractivity contribution in [2.45, 2.75) is 26.7 Å². The first-order valence-corrected chi connectivity index (χ1v) is 7.60. The average Bonchev–Trinajstić information content (AvgIpc) is 2.46. The monoisotopic (exact) mass is 300 g/mol. The molecule has 0 bridgehead atoms. The number of carbonyl (C=O) groups excluding carboxylic acids is 3. The Balaban J connectivity index is 2.21. The van der Waals surface area contributed by atoms with E-state index in [1.165, 1.54) is 0 Å². The van der Waals surface area contributed by atoms with Crippen LogP contribution in [-0.4, -0.2) is 57.1 Å². The van der Waals surface area contributed by atoms with Crippen LogP contribution in [0.4, 0.5) is 0 Å². The molecule has 7 nitrogen and oxygen atoms in total. The minimum Gasteiger partial charge on any atom is -0.466 e. The van der Waals surface area contributed by atoms with Crippen LogP contribution >= 0.6 is 0 Å². The molecule has 1 saturated heterocycles. The maximum Gasteiger partial charge on any atom is 0.309 e. The topological polar surface area (TPSA) is 88.9 Å². The molecule has 0 atom stereocenters. The number of esters is 1. The number of likely N-dealkylation sites (tertiary alicyclic amines) is 1. The number of hydrogen-bond acceptors (Lipinski definition) is 4. The third kappa shape index (κ3) is 6.57. The molecule has 0 aromatic heterocycles. The molecule has 120 valence electrons. The summed E-state index contributed by atoms with van der Waals surface area (Å²) in [7, 11) is 0. The Bertz CT molecular complexity index is 365. The lowest BCUT2D eigenvalue weighted by Crippen LogP contribution is -3.14. The summed E-state index contributed by atoms with van der Waals surface area (Å²) >= 11 is 0. The molecule has 0 aromatic carbocycles. The fourth-order valence-electron chi connectivity index (χ4n) is 2.43. The van der Waals surface area contributed by atoms with Crippen LogP contribution in [0.5, 0.6) is 0 Å². The molecule has 0 spiro atoms. The predicted octanol–water partition coefficient (Wildman–Crippen LogP) is -1.90. The third-order valence-corrected chi connectivity index (χ3v) is 3.54. The van der Waals surface area contributed by atoms with Crippen molar-refractivity contribution < 1.29 is 24.0 Å². The summed E-state index contributed by atoms with van der Waals surface area (Å²) in [4.78, 5) is 35.7. The second kappa shape index (κ2) is 9.33. The first-order valence-electron chi connectivity index (χ1n) is 7.60. The molecule has 2 amide bonds. The molecule has 1 aliphatic rings. The summed E-state index contributed by atoms with van der Waals surface area (Å²) in [6, 6.07) is 0. The normalized spacial score (nSPS) is 21.4. The lowest BCUT2D eigenvalue weighted by atomic mass is 9.97. The van der Waals surface area contributed by atoms with Crippen molar-refractivity contribution in [1.82, 2.24) is 10.6 Å². The molecule has 0 aliphatic carbocycles. The number of amides is 2. The molecule has 1 fully saturated rings. The van der Waals surface area contributed by atoms with E-state index in [0.717, 1.165) is 30.8 Å². The maximum absolute atomic E-state index is 11.7. The van der Waals surface area contributed by atoms with E-state index < -0.39 is 0 Å². The maximum atomic E-state index is 11.7. The fraction of sp³-hybridized carbons (Fsp3) is 0.786. The minimum absolute atomic E-state index is 0.0193. The van der Waals surface area contributed by atoms with Gasteiger partial charge in [-0.25, -0.2) is 0 Å². The Morgan fingerprint density at radius 1 is 1.10 bits per heavy atom. The van der Waals surface area contributed by atoms with Gasteiger partial charge in [0.1, 0.15) is 0 Å². The van der Waals surface area contributed by atoms with Gasteiger partial charge in [-0.05, 0) is 13.8 Å². The van der Waals surface area contributed by atoms with E-state index in [9.17, 15) is 14.4 Å². The van der Waals surface area contributed by atoms with Crippen LogP contribution in [0.2, 0.25) is 0 Å². The summed E-state index contributed by atoms with van der Waals surface area (Å²) in [6.45, 7) is 6.51. The van der Waals surface area contributed by atoms with Crippen molar-refractivity contribution in [2.24, 2.45) is 5.92 Å². The third-order valence-electron chi connectivity index (χ3n) is 3.54. The van der Waals surface area contributed by atoms with Crippen molar-refractivity contribution in [3.05, 3.63) is 0 Å². The Morgan fingerprint density at radius 2 is 1.76 bits per heavy atom. The molecule has 3 N–H and O–H groups in total. The highest BCUT2D eigenvalue weighted by atomic mass is 16.5. The Kier molecular flexibility index (Phi) is 7.74. The molecular formula is C14H26N3O4+. The van der Waals surface area contributed by atoms with Crippen LogP contribution < -0.4 is 15.5 Å². The van der Waals surface area contributed by atoms with E-state index in [2.05, 4.69) is 10.6 Å². The van der Waals surface area contributed by atoms with Gasteiger partial charge in [-0.2, -0.15) is 0 Å². The summed E-state index contributed by atoms with van der Waals surface area (Å²) in [5, 5.41) is 5.23. The van der Waals surface area contributed by atoms with Gasteiger partial charge in [0.15, 0.2) is 6.54 Å². The summed E-state index contributed by atoms with van der Waals surface area (Å²) in [5.74, 6) is -0.475. The van der Waals surface area contributed by atoms with Crippen molar-refractivity contribution in [2.75, 3.05) is 39.3 Å². The van der Waals surface area contributed by atoms with Crippen molar-refractivity contribution in [3.63, 3.8) is 0 Å². The zero-order valence-corrected chi connectivity index (χ0v) is 12.9. The van der Waals surface area contributed by atoms with Crippen LogP contribution in [0.15, 0.2) is 0 Å². The van der Waals surface area contributed by atoms with E-state index in [0.29, 0.717) is 19.7 Å². The van der Waals surface area contributed by atoms with Gasteiger partial charge in [0.25, 0.3) is 5.91 Å². The largest absolute Gasteiger partial charge is 0.466 e. The zero-order chi connectivity index (χ0) is 15.7. The minimum atomic E-state index is -0.179. The van der Waals surface area contributed by atoms with Crippen molar-refractivity contribution in [1.29, 1.82) is 0 Å². The number of likely N-dealkylation sites (N-methyl/N-ethyl adjacent to an activating group) is 1. The molecule has 0 saturated carbocycles. The molecular weight excluding hydrogens is 274 g/mol. The van der Waals surface area contributed by atoms with E-state index in [-0.39, 0.29) is 30.2 Å². The van der Waals surface area contributed by atoms with Crippen molar-refractivity contribution >= 4 is 17.8 Å². The van der Waals surface area contributed by atoms with Crippen molar-refractivity contribution in [3.8, 4) is 0 Å². The van der Waals surface area contributed by atoms with Crippen LogP contribution in [0.3, 0.4) is 0 Å². The van der Waals surface area contributed by atoms with Crippen LogP contribution in [0, 0.1) is 5.92 Å². The van der Waals surface area contributed by atoms with Gasteiger partial charge < -0.3 is 20.3 Å². The van der Waals surface area contributed by atoms with Gasteiger partial charge in [0.05, 0.1) is 32.2 Å². The number of quaternary nitrogens is 1. The highest BCUT2D eigenvalue weighted by molar-refractivity contribution is 5.84. The van der Waals surface area contributed by atoms with E-state index in [1.807, 2.05) is 6.92 Å². The van der Waals surface area contributed by atoms with Crippen LogP contribution in [-0.2, 0) is 19.1 Å². The first kappa shape index (κ1) is 17.4. The summed E-state index contributed by atoms with van der Waals surface area (Å²) in [6.07, 6.45) is 1.50. The Hall–Kier alpha value is -1.63. The molecule has 1 heterocycles. The standard InChI is InChI=1S/C14H25N3O4/c1-3-15-12(18)9-16-13(19)10-17-7-5-11(6-8-17)14(20)21-4-2/h11H,3-10H2,1-2H3,(H,15,18)(H,16,19)/p+1. The Labute approximate surface area is 125 Å².